The van der Waals surface area contributed by atoms with Crippen molar-refractivity contribution in [2.45, 2.75) is 53.6 Å². The van der Waals surface area contributed by atoms with Crippen molar-refractivity contribution >= 4 is 5.69 Å². The fourth-order valence-electron chi connectivity index (χ4n) is 2.50. The summed E-state index contributed by atoms with van der Waals surface area (Å²) in [5, 5.41) is 8.12. The molecule has 0 bridgehead atoms. The predicted octanol–water partition coefficient (Wildman–Crippen LogP) is 3.35. The van der Waals surface area contributed by atoms with Gasteiger partial charge in [0.1, 0.15) is 0 Å². The standard InChI is InChI=1S/C15H23N5/c1-9(2)20-13(6)15(12(5)19-20)18-11(4)14-10(3)16-7-8-17-14/h7-9,11,18H,1-6H3. The van der Waals surface area contributed by atoms with Gasteiger partial charge in [-0.1, -0.05) is 0 Å². The zero-order valence-electron chi connectivity index (χ0n) is 13.1. The number of hydrogen-bond acceptors (Lipinski definition) is 4. The van der Waals surface area contributed by atoms with Gasteiger partial charge in [-0.25, -0.2) is 0 Å². The molecule has 0 aromatic carbocycles. The summed E-state index contributed by atoms with van der Waals surface area (Å²) in [5.41, 5.74) is 5.20. The highest BCUT2D eigenvalue weighted by Gasteiger charge is 2.17. The van der Waals surface area contributed by atoms with E-state index < -0.39 is 0 Å². The van der Waals surface area contributed by atoms with E-state index in [2.05, 4.69) is 48.1 Å². The van der Waals surface area contributed by atoms with Gasteiger partial charge < -0.3 is 5.32 Å². The normalized spacial score (nSPS) is 12.8. The minimum absolute atomic E-state index is 0.103. The molecule has 0 aliphatic rings. The number of hydrogen-bond donors (Lipinski definition) is 1. The molecule has 0 spiro atoms. The van der Waals surface area contributed by atoms with E-state index >= 15 is 0 Å². The van der Waals surface area contributed by atoms with Crippen molar-refractivity contribution < 1.29 is 0 Å². The van der Waals surface area contributed by atoms with Crippen LogP contribution in [0.5, 0.6) is 0 Å². The monoisotopic (exact) mass is 273 g/mol. The molecule has 1 unspecified atom stereocenters. The van der Waals surface area contributed by atoms with E-state index in [1.807, 2.05) is 18.5 Å². The number of rotatable bonds is 4. The van der Waals surface area contributed by atoms with Crippen LogP contribution < -0.4 is 5.32 Å². The zero-order chi connectivity index (χ0) is 14.9. The first-order chi connectivity index (χ1) is 9.41. The van der Waals surface area contributed by atoms with Gasteiger partial charge in [-0.15, -0.1) is 0 Å². The third kappa shape index (κ3) is 2.66. The van der Waals surface area contributed by atoms with Crippen LogP contribution in [0.2, 0.25) is 0 Å². The molecule has 5 nitrogen and oxygen atoms in total. The molecule has 0 saturated heterocycles. The van der Waals surface area contributed by atoms with Gasteiger partial charge in [0.2, 0.25) is 0 Å². The molecule has 2 aromatic heterocycles. The van der Waals surface area contributed by atoms with Crippen LogP contribution in [0.1, 0.15) is 55.6 Å². The van der Waals surface area contributed by atoms with Gasteiger partial charge in [-0.05, 0) is 41.5 Å². The Morgan fingerprint density at radius 1 is 1.00 bits per heavy atom. The summed E-state index contributed by atoms with van der Waals surface area (Å²) in [6, 6.07) is 0.462. The van der Waals surface area contributed by atoms with Gasteiger partial charge in [0.15, 0.2) is 0 Å². The fraction of sp³-hybridized carbons (Fsp3) is 0.533. The number of anilines is 1. The van der Waals surface area contributed by atoms with Crippen LogP contribution >= 0.6 is 0 Å². The Labute approximate surface area is 120 Å². The van der Waals surface area contributed by atoms with E-state index in [-0.39, 0.29) is 6.04 Å². The molecule has 0 fully saturated rings. The Morgan fingerprint density at radius 3 is 2.20 bits per heavy atom. The molecule has 0 radical (unpaired) electrons. The zero-order valence-corrected chi connectivity index (χ0v) is 13.1. The third-order valence-electron chi connectivity index (χ3n) is 3.50. The van der Waals surface area contributed by atoms with Crippen molar-refractivity contribution in [2.24, 2.45) is 0 Å². The Morgan fingerprint density at radius 2 is 1.65 bits per heavy atom. The maximum Gasteiger partial charge on any atom is 0.0835 e. The van der Waals surface area contributed by atoms with E-state index in [0.717, 1.165) is 28.5 Å². The van der Waals surface area contributed by atoms with Crippen LogP contribution in [0.15, 0.2) is 12.4 Å². The Hall–Kier alpha value is -1.91. The molecule has 2 rings (SSSR count). The van der Waals surface area contributed by atoms with Crippen molar-refractivity contribution in [3.63, 3.8) is 0 Å². The van der Waals surface area contributed by atoms with Gasteiger partial charge in [0.05, 0.1) is 34.5 Å². The topological polar surface area (TPSA) is 55.6 Å². The lowest BCUT2D eigenvalue weighted by atomic mass is 10.1. The molecule has 2 aromatic rings. The summed E-state index contributed by atoms with van der Waals surface area (Å²) in [6.07, 6.45) is 3.45. The Kier molecular flexibility index (Phi) is 4.06. The molecular formula is C15H23N5. The smallest absolute Gasteiger partial charge is 0.0835 e. The molecule has 0 aliphatic heterocycles. The second kappa shape index (κ2) is 5.61. The van der Waals surface area contributed by atoms with Gasteiger partial charge in [0, 0.05) is 18.4 Å². The van der Waals surface area contributed by atoms with Crippen molar-refractivity contribution in [1.82, 2.24) is 19.7 Å². The van der Waals surface area contributed by atoms with Crippen LogP contribution in [-0.4, -0.2) is 19.7 Å². The van der Waals surface area contributed by atoms with Crippen LogP contribution in [0.4, 0.5) is 5.69 Å². The molecule has 1 atom stereocenters. The van der Waals surface area contributed by atoms with E-state index in [0.29, 0.717) is 6.04 Å². The maximum atomic E-state index is 4.60. The summed E-state index contributed by atoms with van der Waals surface area (Å²) in [6.45, 7) is 12.5. The summed E-state index contributed by atoms with van der Waals surface area (Å²) >= 11 is 0. The summed E-state index contributed by atoms with van der Waals surface area (Å²) < 4.78 is 2.05. The lowest BCUT2D eigenvalue weighted by Gasteiger charge is -2.17. The van der Waals surface area contributed by atoms with E-state index in [1.54, 1.807) is 12.4 Å². The first-order valence-electron chi connectivity index (χ1n) is 7.01. The van der Waals surface area contributed by atoms with E-state index in [4.69, 9.17) is 0 Å². The lowest BCUT2D eigenvalue weighted by molar-refractivity contribution is 0.516. The minimum atomic E-state index is 0.103. The van der Waals surface area contributed by atoms with Crippen molar-refractivity contribution in [3.8, 4) is 0 Å². The number of nitrogens with one attached hydrogen (secondary N) is 1. The molecule has 20 heavy (non-hydrogen) atoms. The van der Waals surface area contributed by atoms with Gasteiger partial charge in [-0.2, -0.15) is 5.10 Å². The number of aromatic nitrogens is 4. The molecule has 1 N–H and O–H groups in total. The summed E-state index contributed by atoms with van der Waals surface area (Å²) in [5.74, 6) is 0. The van der Waals surface area contributed by atoms with Crippen molar-refractivity contribution in [2.75, 3.05) is 5.32 Å². The van der Waals surface area contributed by atoms with Crippen LogP contribution in [0.3, 0.4) is 0 Å². The highest BCUT2D eigenvalue weighted by atomic mass is 15.3. The largest absolute Gasteiger partial charge is 0.374 e. The Bertz CT molecular complexity index is 600. The fourth-order valence-corrected chi connectivity index (χ4v) is 2.50. The van der Waals surface area contributed by atoms with Gasteiger partial charge in [0.25, 0.3) is 0 Å². The molecule has 0 saturated carbocycles. The first-order valence-corrected chi connectivity index (χ1v) is 7.01. The molecule has 0 aliphatic carbocycles. The van der Waals surface area contributed by atoms with E-state index in [1.165, 1.54) is 0 Å². The molecular weight excluding hydrogens is 250 g/mol. The SMILES string of the molecule is Cc1nccnc1C(C)Nc1c(C)nn(C(C)C)c1C. The van der Waals surface area contributed by atoms with Crippen LogP contribution in [0.25, 0.3) is 0 Å². The summed E-state index contributed by atoms with van der Waals surface area (Å²) in [7, 11) is 0. The first kappa shape index (κ1) is 14.5. The van der Waals surface area contributed by atoms with E-state index in [9.17, 15) is 0 Å². The minimum Gasteiger partial charge on any atom is -0.374 e. The maximum absolute atomic E-state index is 4.60. The van der Waals surface area contributed by atoms with Crippen LogP contribution in [-0.2, 0) is 0 Å². The summed E-state index contributed by atoms with van der Waals surface area (Å²) in [4.78, 5) is 8.72. The quantitative estimate of drug-likeness (QED) is 0.928. The number of aryl methyl sites for hydroxylation is 2. The van der Waals surface area contributed by atoms with Crippen molar-refractivity contribution in [1.29, 1.82) is 0 Å². The predicted molar refractivity (Wildman–Crippen MR) is 80.9 cm³/mol. The number of nitrogens with zero attached hydrogens (tertiary/aromatic N) is 4. The Balaban J connectivity index is 2.29. The van der Waals surface area contributed by atoms with Gasteiger partial charge in [-0.3, -0.25) is 14.6 Å². The van der Waals surface area contributed by atoms with Gasteiger partial charge >= 0.3 is 0 Å². The lowest BCUT2D eigenvalue weighted by Crippen LogP contribution is -2.12. The molecule has 2 heterocycles. The highest BCUT2D eigenvalue weighted by molar-refractivity contribution is 5.53. The second-order valence-electron chi connectivity index (χ2n) is 5.48. The molecule has 0 amide bonds. The molecule has 108 valence electrons. The van der Waals surface area contributed by atoms with Crippen molar-refractivity contribution in [3.05, 3.63) is 35.2 Å². The highest BCUT2D eigenvalue weighted by Crippen LogP contribution is 2.26. The third-order valence-corrected chi connectivity index (χ3v) is 3.50. The average molecular weight is 273 g/mol. The average Bonchev–Trinajstić information content (AvgIpc) is 2.67. The molecule has 5 heteroatoms. The van der Waals surface area contributed by atoms with Crippen LogP contribution in [0, 0.1) is 20.8 Å². The second-order valence-corrected chi connectivity index (χ2v) is 5.48.